The van der Waals surface area contributed by atoms with Gasteiger partial charge in [-0.2, -0.15) is 0 Å². The van der Waals surface area contributed by atoms with Crippen LogP contribution in [0.2, 0.25) is 10.0 Å². The molecule has 0 saturated heterocycles. The standard InChI is InChI=1S/C25H17Cl2NO5S2/c26-18-3-11-22(12-4-18)34(30,31)21-9-1-17(2-10-21)25(29)28-20-7-15-24(16-8-20)35(32,33)23-13-5-19(27)6-14-23/h1-16H,(H,28,29). The molecule has 0 atom stereocenters. The van der Waals surface area contributed by atoms with Crippen LogP contribution in [0.3, 0.4) is 0 Å². The first kappa shape index (κ1) is 24.9. The maximum absolute atomic E-state index is 12.8. The highest BCUT2D eigenvalue weighted by Gasteiger charge is 2.19. The van der Waals surface area contributed by atoms with Crippen molar-refractivity contribution in [2.45, 2.75) is 19.6 Å². The van der Waals surface area contributed by atoms with Gasteiger partial charge in [-0.25, -0.2) is 16.8 Å². The van der Waals surface area contributed by atoms with Crippen LogP contribution in [0.4, 0.5) is 5.69 Å². The molecule has 4 aromatic rings. The minimum absolute atomic E-state index is 0.0353. The molecule has 35 heavy (non-hydrogen) atoms. The Labute approximate surface area is 213 Å². The summed E-state index contributed by atoms with van der Waals surface area (Å²) in [4.78, 5) is 12.9. The van der Waals surface area contributed by atoms with E-state index in [4.69, 9.17) is 23.2 Å². The van der Waals surface area contributed by atoms with E-state index in [9.17, 15) is 21.6 Å². The molecule has 0 fully saturated rings. The van der Waals surface area contributed by atoms with Gasteiger partial charge >= 0.3 is 0 Å². The van der Waals surface area contributed by atoms with Crippen LogP contribution < -0.4 is 5.32 Å². The van der Waals surface area contributed by atoms with E-state index in [2.05, 4.69) is 5.32 Å². The zero-order chi connectivity index (χ0) is 25.2. The molecule has 0 aliphatic carbocycles. The third-order valence-corrected chi connectivity index (χ3v) is 9.17. The lowest BCUT2D eigenvalue weighted by atomic mass is 10.2. The predicted molar refractivity (Wildman–Crippen MR) is 135 cm³/mol. The first-order chi connectivity index (χ1) is 16.6. The topological polar surface area (TPSA) is 97.4 Å². The van der Waals surface area contributed by atoms with Crippen molar-refractivity contribution in [3.05, 3.63) is 113 Å². The summed E-state index contributed by atoms with van der Waals surface area (Å²) in [6.45, 7) is 0. The monoisotopic (exact) mass is 545 g/mol. The highest BCUT2D eigenvalue weighted by Crippen LogP contribution is 2.25. The molecule has 10 heteroatoms. The van der Waals surface area contributed by atoms with Gasteiger partial charge in [-0.1, -0.05) is 23.2 Å². The number of rotatable bonds is 6. The fraction of sp³-hybridized carbons (Fsp3) is 0. The van der Waals surface area contributed by atoms with Gasteiger partial charge in [0.2, 0.25) is 19.7 Å². The number of halogens is 2. The van der Waals surface area contributed by atoms with Crippen LogP contribution in [0.25, 0.3) is 0 Å². The highest BCUT2D eigenvalue weighted by molar-refractivity contribution is 7.91. The Bertz CT molecular complexity index is 1580. The number of carbonyl (C=O) groups excluding carboxylic acids is 1. The summed E-state index contributed by atoms with van der Waals surface area (Å²) in [5, 5.41) is 3.52. The number of anilines is 1. The van der Waals surface area contributed by atoms with Gasteiger partial charge in [0, 0.05) is 21.3 Å². The van der Waals surface area contributed by atoms with Crippen molar-refractivity contribution in [3.8, 4) is 0 Å². The van der Waals surface area contributed by atoms with Crippen LogP contribution >= 0.6 is 23.2 Å². The van der Waals surface area contributed by atoms with Crippen LogP contribution in [0.5, 0.6) is 0 Å². The van der Waals surface area contributed by atoms with Gasteiger partial charge in [0.15, 0.2) is 0 Å². The van der Waals surface area contributed by atoms with E-state index < -0.39 is 25.6 Å². The summed E-state index contributed by atoms with van der Waals surface area (Å²) in [5.74, 6) is -0.478. The number of hydrogen-bond acceptors (Lipinski definition) is 5. The fourth-order valence-electron chi connectivity index (χ4n) is 3.21. The van der Waals surface area contributed by atoms with Crippen molar-refractivity contribution in [2.24, 2.45) is 0 Å². The second-order valence-electron chi connectivity index (χ2n) is 7.42. The maximum atomic E-state index is 12.8. The molecule has 0 aromatic heterocycles. The normalized spacial score (nSPS) is 11.7. The average molecular weight is 546 g/mol. The SMILES string of the molecule is O=C(Nc1ccc(S(=O)(=O)c2ccc(Cl)cc2)cc1)c1ccc(S(=O)(=O)c2ccc(Cl)cc2)cc1. The van der Waals surface area contributed by atoms with E-state index in [1.807, 2.05) is 0 Å². The van der Waals surface area contributed by atoms with Gasteiger partial charge in [0.05, 0.1) is 19.6 Å². The number of carbonyl (C=O) groups is 1. The van der Waals surface area contributed by atoms with E-state index in [1.54, 1.807) is 0 Å². The molecule has 0 spiro atoms. The molecule has 1 N–H and O–H groups in total. The lowest BCUT2D eigenvalue weighted by molar-refractivity contribution is 0.102. The van der Waals surface area contributed by atoms with E-state index in [0.717, 1.165) is 0 Å². The molecular formula is C25H17Cl2NO5S2. The molecule has 178 valence electrons. The van der Waals surface area contributed by atoms with Gasteiger partial charge < -0.3 is 5.32 Å². The largest absolute Gasteiger partial charge is 0.322 e. The van der Waals surface area contributed by atoms with Gasteiger partial charge in [-0.3, -0.25) is 4.79 Å². The molecule has 0 heterocycles. The van der Waals surface area contributed by atoms with E-state index in [-0.39, 0.29) is 25.1 Å². The molecule has 0 unspecified atom stereocenters. The maximum Gasteiger partial charge on any atom is 0.255 e. The molecule has 4 aromatic carbocycles. The summed E-state index contributed by atoms with van der Waals surface area (Å²) in [6.07, 6.45) is 0. The van der Waals surface area contributed by atoms with E-state index >= 15 is 0 Å². The van der Waals surface area contributed by atoms with Gasteiger partial charge in [0.1, 0.15) is 0 Å². The lowest BCUT2D eigenvalue weighted by Crippen LogP contribution is -2.12. The first-order valence-electron chi connectivity index (χ1n) is 10.1. The summed E-state index contributed by atoms with van der Waals surface area (Å²) < 4.78 is 51.0. The van der Waals surface area contributed by atoms with Crippen molar-refractivity contribution in [1.29, 1.82) is 0 Å². The van der Waals surface area contributed by atoms with Crippen molar-refractivity contribution in [1.82, 2.24) is 0 Å². The number of amides is 1. The molecule has 0 aliphatic heterocycles. The smallest absolute Gasteiger partial charge is 0.255 e. The van der Waals surface area contributed by atoms with Crippen molar-refractivity contribution in [2.75, 3.05) is 5.32 Å². The fourth-order valence-corrected chi connectivity index (χ4v) is 5.98. The lowest BCUT2D eigenvalue weighted by Gasteiger charge is -2.09. The highest BCUT2D eigenvalue weighted by atomic mass is 35.5. The number of hydrogen-bond donors (Lipinski definition) is 1. The van der Waals surface area contributed by atoms with Crippen LogP contribution in [0.15, 0.2) is 117 Å². The van der Waals surface area contributed by atoms with Gasteiger partial charge in [0.25, 0.3) is 5.91 Å². The van der Waals surface area contributed by atoms with Crippen LogP contribution in [-0.2, 0) is 19.7 Å². The second kappa shape index (κ2) is 9.83. The molecule has 0 saturated carbocycles. The Kier molecular flexibility index (Phi) is 7.00. The Morgan fingerprint density at radius 2 is 0.829 bits per heavy atom. The Morgan fingerprint density at radius 1 is 0.514 bits per heavy atom. The van der Waals surface area contributed by atoms with Crippen LogP contribution in [0, 0.1) is 0 Å². The molecule has 6 nitrogen and oxygen atoms in total. The number of nitrogens with one attached hydrogen (secondary N) is 1. The summed E-state index contributed by atoms with van der Waals surface area (Å²) in [6, 6.07) is 22.9. The summed E-state index contributed by atoms with van der Waals surface area (Å²) in [7, 11) is -7.49. The molecular weight excluding hydrogens is 529 g/mol. The number of benzene rings is 4. The van der Waals surface area contributed by atoms with Crippen LogP contribution in [-0.4, -0.2) is 22.7 Å². The molecule has 0 bridgehead atoms. The average Bonchev–Trinajstić information content (AvgIpc) is 2.85. The van der Waals surface area contributed by atoms with Crippen molar-refractivity contribution in [3.63, 3.8) is 0 Å². The third kappa shape index (κ3) is 5.41. The second-order valence-corrected chi connectivity index (χ2v) is 12.2. The Balaban J connectivity index is 1.48. The molecule has 0 aliphatic rings. The zero-order valence-corrected chi connectivity index (χ0v) is 21.0. The number of sulfone groups is 2. The first-order valence-corrected chi connectivity index (χ1v) is 13.8. The zero-order valence-electron chi connectivity index (χ0n) is 17.9. The molecule has 0 radical (unpaired) electrons. The predicted octanol–water partition coefficient (Wildman–Crippen LogP) is 5.91. The minimum atomic E-state index is -3.76. The Hall–Kier alpha value is -3.17. The molecule has 4 rings (SSSR count). The van der Waals surface area contributed by atoms with E-state index in [1.165, 1.54) is 97.1 Å². The third-order valence-electron chi connectivity index (χ3n) is 5.10. The molecule has 1 amide bonds. The van der Waals surface area contributed by atoms with Crippen molar-refractivity contribution < 1.29 is 21.6 Å². The van der Waals surface area contributed by atoms with Crippen molar-refractivity contribution >= 4 is 54.5 Å². The quantitative estimate of drug-likeness (QED) is 0.324. The Morgan fingerprint density at radius 3 is 1.20 bits per heavy atom. The van der Waals surface area contributed by atoms with Gasteiger partial charge in [-0.05, 0) is 97.1 Å². The summed E-state index contributed by atoms with van der Waals surface area (Å²) in [5.41, 5.74) is 0.612. The van der Waals surface area contributed by atoms with Gasteiger partial charge in [-0.15, -0.1) is 0 Å². The van der Waals surface area contributed by atoms with Crippen LogP contribution in [0.1, 0.15) is 10.4 Å². The summed E-state index contributed by atoms with van der Waals surface area (Å²) >= 11 is 11.6. The minimum Gasteiger partial charge on any atom is -0.322 e. The van der Waals surface area contributed by atoms with E-state index in [0.29, 0.717) is 15.7 Å².